The molecule has 0 saturated carbocycles. The van der Waals surface area contributed by atoms with Gasteiger partial charge in [-0.3, -0.25) is 4.79 Å². The van der Waals surface area contributed by atoms with Crippen molar-refractivity contribution in [2.45, 2.75) is 51.7 Å². The number of carboxylic acid groups (broad SMARTS) is 1. The number of aromatic nitrogens is 3. The Bertz CT molecular complexity index is 1440. The van der Waals surface area contributed by atoms with Crippen molar-refractivity contribution in [3.63, 3.8) is 0 Å². The maximum Gasteiger partial charge on any atom is 0.304 e. The number of hydrogen-bond acceptors (Lipinski definition) is 6. The molecular weight excluding hydrogens is 482 g/mol. The van der Waals surface area contributed by atoms with E-state index in [2.05, 4.69) is 21.9 Å². The zero-order valence-electron chi connectivity index (χ0n) is 21.7. The molecule has 0 radical (unpaired) electrons. The Morgan fingerprint density at radius 1 is 1.03 bits per heavy atom. The Morgan fingerprint density at radius 3 is 2.37 bits per heavy atom. The normalized spacial score (nSPS) is 12.0. The van der Waals surface area contributed by atoms with Gasteiger partial charge in [0.1, 0.15) is 18.1 Å². The number of ether oxygens (including phenoxy) is 2. The molecule has 0 aliphatic carbocycles. The van der Waals surface area contributed by atoms with Crippen LogP contribution < -0.4 is 9.47 Å². The standard InChI is InChI=1S/C30H31N3O5/c1-4-5-24(18-28(34)35)22-7-11-26(12-8-22)38-20-21-6-15-27-31-29(32-33(27)19-21)23-9-13-25(14-10-23)37-17-16-30(2,3)36/h6-15,19,24,36H,16-18,20H2,1-3H3,(H,34,35). The van der Waals surface area contributed by atoms with Crippen LogP contribution in [0.1, 0.15) is 50.7 Å². The summed E-state index contributed by atoms with van der Waals surface area (Å²) in [6, 6.07) is 18.8. The Hall–Kier alpha value is -4.35. The SMILES string of the molecule is CC#CC(CC(=O)O)c1ccc(OCc2ccc3nc(-c4ccc(OCCC(C)(C)O)cc4)nn3c2)cc1. The highest BCUT2D eigenvalue weighted by molar-refractivity contribution is 5.69. The van der Waals surface area contributed by atoms with Crippen molar-refractivity contribution in [3.05, 3.63) is 78.0 Å². The highest BCUT2D eigenvalue weighted by Gasteiger charge is 2.14. The van der Waals surface area contributed by atoms with E-state index in [1.165, 1.54) is 0 Å². The highest BCUT2D eigenvalue weighted by Crippen LogP contribution is 2.24. The van der Waals surface area contributed by atoms with Crippen LogP contribution in [0.25, 0.3) is 17.0 Å². The number of carboxylic acids is 1. The molecule has 4 rings (SSSR count). The monoisotopic (exact) mass is 513 g/mol. The number of benzene rings is 2. The minimum atomic E-state index is -0.880. The first-order valence-corrected chi connectivity index (χ1v) is 12.4. The number of nitrogens with zero attached hydrogens (tertiary/aromatic N) is 3. The molecule has 0 saturated heterocycles. The summed E-state index contributed by atoms with van der Waals surface area (Å²) < 4.78 is 13.4. The summed E-state index contributed by atoms with van der Waals surface area (Å²) >= 11 is 0. The first-order valence-electron chi connectivity index (χ1n) is 12.4. The number of hydrogen-bond donors (Lipinski definition) is 2. The van der Waals surface area contributed by atoms with Crippen molar-refractivity contribution in [1.82, 2.24) is 14.6 Å². The molecule has 0 aliphatic heterocycles. The number of carbonyl (C=O) groups is 1. The van der Waals surface area contributed by atoms with E-state index in [4.69, 9.17) is 14.6 Å². The Morgan fingerprint density at radius 2 is 1.71 bits per heavy atom. The lowest BCUT2D eigenvalue weighted by atomic mass is 9.96. The summed E-state index contributed by atoms with van der Waals surface area (Å²) in [6.07, 6.45) is 2.39. The number of pyridine rings is 1. The number of fused-ring (bicyclic) bond motifs is 1. The average Bonchev–Trinajstić information content (AvgIpc) is 3.30. The fourth-order valence-corrected chi connectivity index (χ4v) is 3.82. The smallest absolute Gasteiger partial charge is 0.304 e. The third-order valence-corrected chi connectivity index (χ3v) is 5.87. The van der Waals surface area contributed by atoms with Gasteiger partial charge in [0.15, 0.2) is 11.5 Å². The lowest BCUT2D eigenvalue weighted by Gasteiger charge is -2.17. The minimum absolute atomic E-state index is 0.0397. The summed E-state index contributed by atoms with van der Waals surface area (Å²) in [6.45, 7) is 5.99. The molecule has 0 spiro atoms. The first-order chi connectivity index (χ1) is 18.2. The summed E-state index contributed by atoms with van der Waals surface area (Å²) in [5.41, 5.74) is 2.61. The van der Waals surface area contributed by atoms with Crippen LogP contribution >= 0.6 is 0 Å². The first kappa shape index (κ1) is 26.7. The van der Waals surface area contributed by atoms with Crippen LogP contribution in [-0.2, 0) is 11.4 Å². The van der Waals surface area contributed by atoms with Crippen LogP contribution in [0, 0.1) is 11.8 Å². The molecule has 196 valence electrons. The molecule has 1 atom stereocenters. The van der Waals surface area contributed by atoms with Gasteiger partial charge in [0.2, 0.25) is 0 Å². The highest BCUT2D eigenvalue weighted by atomic mass is 16.5. The molecule has 4 aromatic rings. The largest absolute Gasteiger partial charge is 0.493 e. The number of aliphatic hydroxyl groups is 1. The molecule has 0 aliphatic rings. The summed E-state index contributed by atoms with van der Waals surface area (Å²) in [4.78, 5) is 15.7. The third kappa shape index (κ3) is 7.34. The van der Waals surface area contributed by atoms with Gasteiger partial charge in [-0.25, -0.2) is 9.50 Å². The zero-order chi connectivity index (χ0) is 27.1. The average molecular weight is 514 g/mol. The fourth-order valence-electron chi connectivity index (χ4n) is 3.82. The molecular formula is C30H31N3O5. The van der Waals surface area contributed by atoms with E-state index in [9.17, 15) is 9.90 Å². The predicted octanol–water partition coefficient (Wildman–Crippen LogP) is 5.10. The van der Waals surface area contributed by atoms with Gasteiger partial charge in [0, 0.05) is 23.7 Å². The van der Waals surface area contributed by atoms with Gasteiger partial charge in [-0.1, -0.05) is 24.1 Å². The molecule has 2 N–H and O–H groups in total. The Labute approximate surface area is 221 Å². The van der Waals surface area contributed by atoms with E-state index < -0.39 is 11.6 Å². The second-order valence-corrected chi connectivity index (χ2v) is 9.61. The van der Waals surface area contributed by atoms with Gasteiger partial charge in [-0.05, 0) is 68.8 Å². The second-order valence-electron chi connectivity index (χ2n) is 9.61. The van der Waals surface area contributed by atoms with Gasteiger partial charge in [-0.2, -0.15) is 0 Å². The zero-order valence-corrected chi connectivity index (χ0v) is 21.7. The third-order valence-electron chi connectivity index (χ3n) is 5.87. The predicted molar refractivity (Wildman–Crippen MR) is 144 cm³/mol. The number of aliphatic carboxylic acids is 1. The molecule has 8 heteroatoms. The van der Waals surface area contributed by atoms with Gasteiger partial charge < -0.3 is 19.7 Å². The van der Waals surface area contributed by atoms with Crippen LogP contribution in [-0.4, -0.2) is 43.0 Å². The molecule has 38 heavy (non-hydrogen) atoms. The Balaban J connectivity index is 1.38. The molecule has 2 heterocycles. The van der Waals surface area contributed by atoms with E-state index in [1.807, 2.05) is 66.9 Å². The molecule has 1 unspecified atom stereocenters. The van der Waals surface area contributed by atoms with E-state index in [0.717, 1.165) is 28.1 Å². The second kappa shape index (κ2) is 11.8. The van der Waals surface area contributed by atoms with Gasteiger partial charge in [0.05, 0.1) is 24.5 Å². The van der Waals surface area contributed by atoms with Crippen LogP contribution in [0.15, 0.2) is 66.9 Å². The van der Waals surface area contributed by atoms with Crippen molar-refractivity contribution in [2.75, 3.05) is 6.61 Å². The Kier molecular flexibility index (Phi) is 8.29. The molecule has 2 aromatic carbocycles. The van der Waals surface area contributed by atoms with E-state index in [1.54, 1.807) is 25.3 Å². The quantitative estimate of drug-likeness (QED) is 0.269. The van der Waals surface area contributed by atoms with Crippen molar-refractivity contribution in [3.8, 4) is 34.7 Å². The maximum absolute atomic E-state index is 11.1. The summed E-state index contributed by atoms with van der Waals surface area (Å²) in [5, 5.41) is 23.5. The van der Waals surface area contributed by atoms with Crippen LogP contribution in [0.2, 0.25) is 0 Å². The number of rotatable bonds is 11. The molecule has 0 fully saturated rings. The van der Waals surface area contributed by atoms with Crippen molar-refractivity contribution >= 4 is 11.6 Å². The maximum atomic E-state index is 11.1. The lowest BCUT2D eigenvalue weighted by Crippen LogP contribution is -2.21. The van der Waals surface area contributed by atoms with Crippen molar-refractivity contribution < 1.29 is 24.5 Å². The van der Waals surface area contributed by atoms with Crippen LogP contribution in [0.3, 0.4) is 0 Å². The van der Waals surface area contributed by atoms with Gasteiger partial charge >= 0.3 is 5.97 Å². The lowest BCUT2D eigenvalue weighted by molar-refractivity contribution is -0.137. The molecule has 0 amide bonds. The van der Waals surface area contributed by atoms with Gasteiger partial charge in [-0.15, -0.1) is 11.0 Å². The summed E-state index contributed by atoms with van der Waals surface area (Å²) in [7, 11) is 0. The van der Waals surface area contributed by atoms with E-state index in [0.29, 0.717) is 31.2 Å². The fraction of sp³-hybridized carbons (Fsp3) is 0.300. The van der Waals surface area contributed by atoms with Crippen LogP contribution in [0.4, 0.5) is 0 Å². The van der Waals surface area contributed by atoms with Crippen molar-refractivity contribution in [2.24, 2.45) is 0 Å². The molecule has 8 nitrogen and oxygen atoms in total. The van der Waals surface area contributed by atoms with E-state index >= 15 is 0 Å². The summed E-state index contributed by atoms with van der Waals surface area (Å²) in [5.74, 6) is 6.53. The topological polar surface area (TPSA) is 106 Å². The van der Waals surface area contributed by atoms with Crippen LogP contribution in [0.5, 0.6) is 11.5 Å². The minimum Gasteiger partial charge on any atom is -0.493 e. The molecule has 0 bridgehead atoms. The van der Waals surface area contributed by atoms with Crippen molar-refractivity contribution in [1.29, 1.82) is 0 Å². The van der Waals surface area contributed by atoms with E-state index in [-0.39, 0.29) is 12.3 Å². The van der Waals surface area contributed by atoms with Gasteiger partial charge in [0.25, 0.3) is 0 Å². The molecule has 2 aromatic heterocycles.